The Morgan fingerprint density at radius 2 is 1.30 bits per heavy atom. The first-order chi connectivity index (χ1) is 8.96. The number of aliphatic hydroxyl groups is 2. The molecule has 0 spiro atoms. The first kappa shape index (κ1) is 20.1. The third kappa shape index (κ3) is 8.83. The highest BCUT2D eigenvalue weighted by molar-refractivity contribution is 5.88. The standard InChI is InChI=1S/C6H8O7.C4H8O3/c7-3(8)1-6(13,5(11)12)2-4(9)10;1-3(2-5)4(6)7/h13H,1-2H2,(H,7,8)(H,9,10)(H,11,12);3,5H,2H2,1H3,(H,6,7). The monoisotopic (exact) mass is 296 g/mol. The van der Waals surface area contributed by atoms with E-state index in [1.165, 1.54) is 6.92 Å². The molecule has 10 heteroatoms. The Bertz CT molecular complexity index is 358. The van der Waals surface area contributed by atoms with E-state index in [9.17, 15) is 19.2 Å². The molecule has 0 aliphatic carbocycles. The molecule has 0 rings (SSSR count). The summed E-state index contributed by atoms with van der Waals surface area (Å²) in [5.41, 5.74) is -2.74. The predicted octanol–water partition coefficient (Wildman–Crippen LogP) is -1.55. The lowest BCUT2D eigenvalue weighted by Gasteiger charge is -2.18. The number of carboxylic acids is 4. The second-order valence-electron chi connectivity index (χ2n) is 3.90. The number of aliphatic hydroxyl groups excluding tert-OH is 1. The van der Waals surface area contributed by atoms with E-state index in [4.69, 9.17) is 30.6 Å². The normalized spacial score (nSPS) is 11.8. The van der Waals surface area contributed by atoms with Crippen LogP contribution in [0.1, 0.15) is 19.8 Å². The van der Waals surface area contributed by atoms with Gasteiger partial charge in [-0.2, -0.15) is 0 Å². The maximum Gasteiger partial charge on any atom is 0.336 e. The second-order valence-corrected chi connectivity index (χ2v) is 3.90. The van der Waals surface area contributed by atoms with Gasteiger partial charge in [0.1, 0.15) is 0 Å². The van der Waals surface area contributed by atoms with Crippen molar-refractivity contribution in [3.8, 4) is 0 Å². The summed E-state index contributed by atoms with van der Waals surface area (Å²) in [6, 6.07) is 0. The van der Waals surface area contributed by atoms with Crippen LogP contribution in [-0.4, -0.2) is 66.7 Å². The third-order valence-corrected chi connectivity index (χ3v) is 1.98. The smallest absolute Gasteiger partial charge is 0.336 e. The van der Waals surface area contributed by atoms with Crippen molar-refractivity contribution in [2.75, 3.05) is 6.61 Å². The molecule has 10 nitrogen and oxygen atoms in total. The maximum atomic E-state index is 10.3. The summed E-state index contributed by atoms with van der Waals surface area (Å²) in [5, 5.41) is 50.0. The summed E-state index contributed by atoms with van der Waals surface area (Å²) in [4.78, 5) is 40.3. The number of rotatable bonds is 7. The Kier molecular flexibility index (Phi) is 8.88. The Labute approximate surface area is 112 Å². The fourth-order valence-electron chi connectivity index (χ4n) is 0.792. The lowest BCUT2D eigenvalue weighted by Crippen LogP contribution is -2.42. The highest BCUT2D eigenvalue weighted by atomic mass is 16.4. The van der Waals surface area contributed by atoms with Gasteiger partial charge in [-0.05, 0) is 6.92 Å². The van der Waals surface area contributed by atoms with Crippen molar-refractivity contribution in [3.05, 3.63) is 0 Å². The summed E-state index contributed by atoms with van der Waals surface area (Å²) in [5.74, 6) is -6.60. The zero-order valence-electron chi connectivity index (χ0n) is 10.5. The van der Waals surface area contributed by atoms with Gasteiger partial charge in [-0.3, -0.25) is 14.4 Å². The second kappa shape index (κ2) is 8.82. The fraction of sp³-hybridized carbons (Fsp3) is 0.600. The Balaban J connectivity index is 0. The van der Waals surface area contributed by atoms with E-state index < -0.39 is 48.2 Å². The molecule has 0 saturated heterocycles. The van der Waals surface area contributed by atoms with Crippen molar-refractivity contribution in [2.24, 2.45) is 5.92 Å². The topological polar surface area (TPSA) is 190 Å². The van der Waals surface area contributed by atoms with Gasteiger partial charge in [0.15, 0.2) is 5.60 Å². The zero-order chi connectivity index (χ0) is 16.5. The van der Waals surface area contributed by atoms with E-state index in [2.05, 4.69) is 0 Å². The van der Waals surface area contributed by atoms with Crippen molar-refractivity contribution in [3.63, 3.8) is 0 Å². The average Bonchev–Trinajstić information content (AvgIpc) is 2.26. The van der Waals surface area contributed by atoms with Crippen LogP contribution in [0.15, 0.2) is 0 Å². The van der Waals surface area contributed by atoms with Crippen molar-refractivity contribution in [2.45, 2.75) is 25.4 Å². The summed E-state index contributed by atoms with van der Waals surface area (Å²) in [7, 11) is 0. The number of aliphatic carboxylic acids is 4. The Morgan fingerprint density at radius 3 is 1.40 bits per heavy atom. The van der Waals surface area contributed by atoms with Crippen LogP contribution in [-0.2, 0) is 19.2 Å². The van der Waals surface area contributed by atoms with Gasteiger partial charge >= 0.3 is 23.9 Å². The molecule has 1 atom stereocenters. The van der Waals surface area contributed by atoms with Crippen LogP contribution in [0, 0.1) is 5.92 Å². The molecule has 20 heavy (non-hydrogen) atoms. The van der Waals surface area contributed by atoms with Gasteiger partial charge in [-0.15, -0.1) is 0 Å². The fourth-order valence-corrected chi connectivity index (χ4v) is 0.792. The van der Waals surface area contributed by atoms with Gasteiger partial charge in [-0.1, -0.05) is 0 Å². The molecular weight excluding hydrogens is 280 g/mol. The van der Waals surface area contributed by atoms with E-state index in [0.29, 0.717) is 0 Å². The van der Waals surface area contributed by atoms with Gasteiger partial charge in [0.25, 0.3) is 0 Å². The molecule has 0 fully saturated rings. The molecule has 0 aliphatic heterocycles. The van der Waals surface area contributed by atoms with Gasteiger partial charge < -0.3 is 30.6 Å². The zero-order valence-corrected chi connectivity index (χ0v) is 10.5. The number of carbonyl (C=O) groups is 4. The molecule has 0 aromatic carbocycles. The lowest BCUT2D eigenvalue weighted by molar-refractivity contribution is -0.170. The average molecular weight is 296 g/mol. The van der Waals surface area contributed by atoms with Crippen LogP contribution >= 0.6 is 0 Å². The van der Waals surface area contributed by atoms with Crippen LogP contribution in [0.4, 0.5) is 0 Å². The molecule has 0 saturated carbocycles. The number of hydrogen-bond donors (Lipinski definition) is 6. The maximum absolute atomic E-state index is 10.3. The van der Waals surface area contributed by atoms with E-state index in [0.717, 1.165) is 0 Å². The molecule has 0 radical (unpaired) electrons. The summed E-state index contributed by atoms with van der Waals surface area (Å²) < 4.78 is 0. The van der Waals surface area contributed by atoms with Crippen LogP contribution in [0.3, 0.4) is 0 Å². The molecule has 0 aliphatic rings. The van der Waals surface area contributed by atoms with Crippen molar-refractivity contribution >= 4 is 23.9 Å². The number of carboxylic acid groups (broad SMARTS) is 4. The van der Waals surface area contributed by atoms with Gasteiger partial charge in [-0.25, -0.2) is 4.79 Å². The van der Waals surface area contributed by atoms with Gasteiger partial charge in [0.2, 0.25) is 0 Å². The molecule has 0 aromatic rings. The van der Waals surface area contributed by atoms with E-state index >= 15 is 0 Å². The highest BCUT2D eigenvalue weighted by Gasteiger charge is 2.40. The molecule has 6 N–H and O–H groups in total. The molecule has 1 unspecified atom stereocenters. The first-order valence-corrected chi connectivity index (χ1v) is 5.19. The van der Waals surface area contributed by atoms with E-state index in [1.54, 1.807) is 0 Å². The van der Waals surface area contributed by atoms with Crippen LogP contribution in [0.2, 0.25) is 0 Å². The minimum Gasteiger partial charge on any atom is -0.481 e. The minimum absolute atomic E-state index is 0.282. The molecule has 0 bridgehead atoms. The van der Waals surface area contributed by atoms with Crippen LogP contribution in [0.5, 0.6) is 0 Å². The molecule has 0 aromatic heterocycles. The van der Waals surface area contributed by atoms with Crippen molar-refractivity contribution in [1.29, 1.82) is 0 Å². The molecule has 0 heterocycles. The van der Waals surface area contributed by atoms with Crippen LogP contribution in [0.25, 0.3) is 0 Å². The quantitative estimate of drug-likeness (QED) is 0.320. The lowest BCUT2D eigenvalue weighted by atomic mass is 9.96. The highest BCUT2D eigenvalue weighted by Crippen LogP contribution is 2.15. The van der Waals surface area contributed by atoms with Crippen LogP contribution < -0.4 is 0 Å². The van der Waals surface area contributed by atoms with Gasteiger partial charge in [0, 0.05) is 0 Å². The summed E-state index contributed by atoms with van der Waals surface area (Å²) >= 11 is 0. The summed E-state index contributed by atoms with van der Waals surface area (Å²) in [6.07, 6.45) is -2.29. The summed E-state index contributed by atoms with van der Waals surface area (Å²) in [6.45, 7) is 1.16. The SMILES string of the molecule is CC(CO)C(=O)O.O=C(O)CC(O)(CC(=O)O)C(=O)O. The van der Waals surface area contributed by atoms with E-state index in [-0.39, 0.29) is 6.61 Å². The Morgan fingerprint density at radius 1 is 0.950 bits per heavy atom. The number of hydrogen-bond acceptors (Lipinski definition) is 6. The molecule has 0 amide bonds. The molecule has 116 valence electrons. The minimum atomic E-state index is -2.74. The van der Waals surface area contributed by atoms with Gasteiger partial charge in [0.05, 0.1) is 25.4 Å². The predicted molar refractivity (Wildman–Crippen MR) is 61.0 cm³/mol. The first-order valence-electron chi connectivity index (χ1n) is 5.19. The Hall–Kier alpha value is -2.20. The largest absolute Gasteiger partial charge is 0.481 e. The molecular formula is C10H16O10. The third-order valence-electron chi connectivity index (χ3n) is 1.98. The van der Waals surface area contributed by atoms with Crippen molar-refractivity contribution < 1.29 is 49.8 Å². The van der Waals surface area contributed by atoms with Crippen molar-refractivity contribution in [1.82, 2.24) is 0 Å². The van der Waals surface area contributed by atoms with E-state index in [1.807, 2.05) is 0 Å².